The first-order chi connectivity index (χ1) is 12.6. The van der Waals surface area contributed by atoms with Gasteiger partial charge in [-0.1, -0.05) is 48.0 Å². The minimum Gasteiger partial charge on any atom is -0.325 e. The average molecular weight is 342 g/mol. The summed E-state index contributed by atoms with van der Waals surface area (Å²) in [7, 11) is 0. The first-order valence-corrected chi connectivity index (χ1v) is 8.40. The molecule has 26 heavy (non-hydrogen) atoms. The van der Waals surface area contributed by atoms with Crippen molar-refractivity contribution in [3.8, 4) is 11.1 Å². The number of aryl methyl sites for hydroxylation is 2. The Morgan fingerprint density at radius 1 is 0.962 bits per heavy atom. The number of nitrogens with one attached hydrogen (secondary N) is 2. The molecule has 2 aromatic carbocycles. The van der Waals surface area contributed by atoms with Crippen molar-refractivity contribution in [2.75, 3.05) is 5.32 Å². The third-order valence-corrected chi connectivity index (χ3v) is 4.37. The molecule has 2 N–H and O–H groups in total. The van der Waals surface area contributed by atoms with E-state index in [9.17, 15) is 4.79 Å². The van der Waals surface area contributed by atoms with Crippen molar-refractivity contribution in [3.63, 3.8) is 0 Å². The molecule has 0 saturated heterocycles. The Morgan fingerprint density at radius 2 is 1.73 bits per heavy atom. The number of hydrogen-bond acceptors (Lipinski definition) is 4. The van der Waals surface area contributed by atoms with E-state index < -0.39 is 0 Å². The van der Waals surface area contributed by atoms with Crippen molar-refractivity contribution in [3.05, 3.63) is 82.3 Å². The fraction of sp³-hybridized carbons (Fsp3) is 0.0952. The van der Waals surface area contributed by atoms with Crippen LogP contribution >= 0.6 is 0 Å². The Morgan fingerprint density at radius 3 is 2.50 bits per heavy atom. The molecule has 5 nitrogen and oxygen atoms in total. The van der Waals surface area contributed by atoms with E-state index in [1.54, 1.807) is 6.20 Å². The van der Waals surface area contributed by atoms with Crippen LogP contribution in [0.3, 0.4) is 0 Å². The van der Waals surface area contributed by atoms with Crippen molar-refractivity contribution in [2.24, 2.45) is 0 Å². The maximum absolute atomic E-state index is 12.8. The predicted molar refractivity (Wildman–Crippen MR) is 105 cm³/mol. The van der Waals surface area contributed by atoms with E-state index in [0.717, 1.165) is 22.4 Å². The minimum atomic E-state index is -0.213. The van der Waals surface area contributed by atoms with Gasteiger partial charge in [-0.15, -0.1) is 0 Å². The smallest absolute Gasteiger partial charge is 0.262 e. The molecular formula is C21H18N4O. The molecular weight excluding hydrogens is 324 g/mol. The lowest BCUT2D eigenvalue weighted by atomic mass is 10.0. The van der Waals surface area contributed by atoms with Crippen molar-refractivity contribution >= 4 is 22.7 Å². The Bertz CT molecular complexity index is 1150. The quantitative estimate of drug-likeness (QED) is 0.581. The van der Waals surface area contributed by atoms with Gasteiger partial charge < -0.3 is 5.32 Å². The molecule has 0 amide bonds. The summed E-state index contributed by atoms with van der Waals surface area (Å²) >= 11 is 0. The zero-order chi connectivity index (χ0) is 18.1. The van der Waals surface area contributed by atoms with E-state index >= 15 is 0 Å². The molecule has 2 aromatic heterocycles. The van der Waals surface area contributed by atoms with Gasteiger partial charge in [0.05, 0.1) is 5.39 Å². The fourth-order valence-electron chi connectivity index (χ4n) is 2.94. The second-order valence-corrected chi connectivity index (χ2v) is 6.28. The molecule has 0 unspecified atom stereocenters. The van der Waals surface area contributed by atoms with E-state index in [2.05, 4.69) is 20.3 Å². The van der Waals surface area contributed by atoms with Gasteiger partial charge >= 0.3 is 0 Å². The molecule has 128 valence electrons. The number of H-pyrrole nitrogens is 1. The van der Waals surface area contributed by atoms with E-state index in [0.29, 0.717) is 17.0 Å². The van der Waals surface area contributed by atoms with Gasteiger partial charge in [0.15, 0.2) is 5.65 Å². The molecule has 5 heteroatoms. The van der Waals surface area contributed by atoms with Gasteiger partial charge in [-0.3, -0.25) is 9.78 Å². The van der Waals surface area contributed by atoms with Crippen molar-refractivity contribution in [1.82, 2.24) is 15.0 Å². The SMILES string of the molecule is Cc1ccc(-c2ccnc3nc(Nc4ccccc4C)[nH]c(=O)c23)cc1. The third kappa shape index (κ3) is 2.95. The van der Waals surface area contributed by atoms with Gasteiger partial charge in [0.2, 0.25) is 5.95 Å². The summed E-state index contributed by atoms with van der Waals surface area (Å²) < 4.78 is 0. The second kappa shape index (κ2) is 6.44. The van der Waals surface area contributed by atoms with Gasteiger partial charge in [0.25, 0.3) is 5.56 Å². The van der Waals surface area contributed by atoms with Gasteiger partial charge in [0, 0.05) is 11.9 Å². The molecule has 0 atom stereocenters. The predicted octanol–water partition coefficient (Wildman–Crippen LogP) is 4.35. The largest absolute Gasteiger partial charge is 0.325 e. The first-order valence-electron chi connectivity index (χ1n) is 8.40. The Kier molecular flexibility index (Phi) is 3.97. The Hall–Kier alpha value is -3.47. The van der Waals surface area contributed by atoms with Crippen LogP contribution in [0.5, 0.6) is 0 Å². The molecule has 0 aliphatic carbocycles. The lowest BCUT2D eigenvalue weighted by molar-refractivity contribution is 1.14. The highest BCUT2D eigenvalue weighted by molar-refractivity contribution is 5.92. The minimum absolute atomic E-state index is 0.213. The number of hydrogen-bond donors (Lipinski definition) is 2. The van der Waals surface area contributed by atoms with Crippen LogP contribution in [-0.4, -0.2) is 15.0 Å². The zero-order valence-electron chi connectivity index (χ0n) is 14.6. The van der Waals surface area contributed by atoms with Crippen LogP contribution < -0.4 is 10.9 Å². The van der Waals surface area contributed by atoms with Gasteiger partial charge in [-0.2, -0.15) is 4.98 Å². The Balaban J connectivity index is 1.83. The molecule has 4 aromatic rings. The highest BCUT2D eigenvalue weighted by atomic mass is 16.1. The number of anilines is 2. The molecule has 0 aliphatic rings. The molecule has 4 rings (SSSR count). The van der Waals surface area contributed by atoms with Crippen LogP contribution in [0.25, 0.3) is 22.2 Å². The van der Waals surface area contributed by atoms with Crippen molar-refractivity contribution < 1.29 is 0 Å². The molecule has 0 bridgehead atoms. The van der Waals surface area contributed by atoms with Gasteiger partial charge in [-0.05, 0) is 42.7 Å². The van der Waals surface area contributed by atoms with Gasteiger partial charge in [-0.25, -0.2) is 4.98 Å². The number of rotatable bonds is 3. The summed E-state index contributed by atoms with van der Waals surface area (Å²) in [5, 5.41) is 3.66. The third-order valence-electron chi connectivity index (χ3n) is 4.37. The highest BCUT2D eigenvalue weighted by Gasteiger charge is 2.12. The van der Waals surface area contributed by atoms with Crippen LogP contribution in [0.4, 0.5) is 11.6 Å². The number of benzene rings is 2. The summed E-state index contributed by atoms with van der Waals surface area (Å²) in [6.07, 6.45) is 1.68. The summed E-state index contributed by atoms with van der Waals surface area (Å²) in [6, 6.07) is 17.7. The first kappa shape index (κ1) is 16.0. The maximum atomic E-state index is 12.8. The normalized spacial score (nSPS) is 10.8. The van der Waals surface area contributed by atoms with Crippen LogP contribution in [0.2, 0.25) is 0 Å². The van der Waals surface area contributed by atoms with E-state index in [4.69, 9.17) is 0 Å². The monoisotopic (exact) mass is 342 g/mol. The zero-order valence-corrected chi connectivity index (χ0v) is 14.6. The maximum Gasteiger partial charge on any atom is 0.262 e. The van der Waals surface area contributed by atoms with E-state index in [1.807, 2.05) is 68.4 Å². The molecule has 0 saturated carbocycles. The summed E-state index contributed by atoms with van der Waals surface area (Å²) in [5.74, 6) is 0.380. The van der Waals surface area contributed by atoms with Crippen molar-refractivity contribution in [1.29, 1.82) is 0 Å². The molecule has 0 fully saturated rings. The molecule has 2 heterocycles. The fourth-order valence-corrected chi connectivity index (χ4v) is 2.94. The summed E-state index contributed by atoms with van der Waals surface area (Å²) in [6.45, 7) is 4.03. The van der Waals surface area contributed by atoms with Crippen LogP contribution in [0.1, 0.15) is 11.1 Å². The highest BCUT2D eigenvalue weighted by Crippen LogP contribution is 2.25. The number of aromatic nitrogens is 3. The number of para-hydroxylation sites is 1. The van der Waals surface area contributed by atoms with Crippen molar-refractivity contribution in [2.45, 2.75) is 13.8 Å². The molecule has 0 spiro atoms. The summed E-state index contributed by atoms with van der Waals surface area (Å²) in [4.78, 5) is 24.4. The van der Waals surface area contributed by atoms with Crippen LogP contribution in [0, 0.1) is 13.8 Å². The standard InChI is InChI=1S/C21H18N4O/c1-13-7-9-15(10-8-13)16-11-12-22-19-18(16)20(26)25-21(24-19)23-17-6-4-3-5-14(17)2/h3-12H,1-2H3,(H2,22,23,24,25,26). The second-order valence-electron chi connectivity index (χ2n) is 6.28. The molecule has 0 radical (unpaired) electrons. The average Bonchev–Trinajstić information content (AvgIpc) is 2.64. The topological polar surface area (TPSA) is 70.7 Å². The number of aromatic amines is 1. The van der Waals surface area contributed by atoms with Crippen LogP contribution in [0.15, 0.2) is 65.6 Å². The summed E-state index contributed by atoms with van der Waals surface area (Å²) in [5.41, 5.74) is 5.13. The van der Waals surface area contributed by atoms with Crippen LogP contribution in [-0.2, 0) is 0 Å². The lowest BCUT2D eigenvalue weighted by Gasteiger charge is -2.10. The van der Waals surface area contributed by atoms with E-state index in [1.165, 1.54) is 5.56 Å². The molecule has 0 aliphatic heterocycles. The lowest BCUT2D eigenvalue weighted by Crippen LogP contribution is -2.13. The number of nitrogens with zero attached hydrogens (tertiary/aromatic N) is 2. The van der Waals surface area contributed by atoms with E-state index in [-0.39, 0.29) is 5.56 Å². The number of fused-ring (bicyclic) bond motifs is 1. The van der Waals surface area contributed by atoms with Gasteiger partial charge in [0.1, 0.15) is 0 Å². The Labute approximate surface area is 150 Å². The number of pyridine rings is 1.